The Morgan fingerprint density at radius 2 is 1.50 bits per heavy atom. The van der Waals surface area contributed by atoms with E-state index in [-0.39, 0.29) is 0 Å². The van der Waals surface area contributed by atoms with Crippen LogP contribution in [-0.4, -0.2) is 6.61 Å². The molecule has 14 heavy (non-hydrogen) atoms. The molecule has 2 nitrogen and oxygen atoms in total. The van der Waals surface area contributed by atoms with Crippen LogP contribution in [0.4, 0.5) is 0 Å². The largest absolute Gasteiger partial charge is 0.380 e. The molecule has 0 aromatic heterocycles. The second-order valence-corrected chi connectivity index (χ2v) is 7.65. The van der Waals surface area contributed by atoms with Crippen LogP contribution in [0.25, 0.3) is 0 Å². The standard InChI is InChI=1S/C9H19Cl2O2P/c1-2-3-4-5-6-7-8-9-13-14(10,11)12/h2-9H2,1H3. The first kappa shape index (κ1) is 14.8. The Morgan fingerprint density at radius 3 is 2.00 bits per heavy atom. The highest BCUT2D eigenvalue weighted by Gasteiger charge is 2.12. The van der Waals surface area contributed by atoms with Crippen LogP contribution in [0.1, 0.15) is 51.9 Å². The van der Waals surface area contributed by atoms with Crippen LogP contribution in [0.3, 0.4) is 0 Å². The van der Waals surface area contributed by atoms with Gasteiger partial charge >= 0.3 is 6.07 Å². The molecule has 0 aliphatic carbocycles. The summed E-state index contributed by atoms with van der Waals surface area (Å²) >= 11 is 10.4. The highest BCUT2D eigenvalue weighted by molar-refractivity contribution is 8.05. The van der Waals surface area contributed by atoms with Gasteiger partial charge in [0.1, 0.15) is 0 Å². The van der Waals surface area contributed by atoms with E-state index in [1.807, 2.05) is 0 Å². The molecule has 5 heteroatoms. The summed E-state index contributed by atoms with van der Waals surface area (Å²) < 4.78 is 15.4. The van der Waals surface area contributed by atoms with Crippen molar-refractivity contribution >= 4 is 28.6 Å². The molecular formula is C9H19Cl2O2P. The third kappa shape index (κ3) is 12.8. The topological polar surface area (TPSA) is 26.3 Å². The van der Waals surface area contributed by atoms with Crippen molar-refractivity contribution in [1.29, 1.82) is 0 Å². The lowest BCUT2D eigenvalue weighted by Gasteiger charge is -2.03. The summed E-state index contributed by atoms with van der Waals surface area (Å²) in [5.74, 6) is 0. The fourth-order valence-corrected chi connectivity index (χ4v) is 1.99. The Hall–Kier alpha value is 0.770. The molecule has 0 unspecified atom stereocenters. The van der Waals surface area contributed by atoms with E-state index in [2.05, 4.69) is 6.92 Å². The molecule has 0 amide bonds. The molecule has 0 N–H and O–H groups in total. The predicted molar refractivity (Wildman–Crippen MR) is 63.3 cm³/mol. The Balaban J connectivity index is 3.03. The Kier molecular flexibility index (Phi) is 9.53. The Bertz CT molecular complexity index is 170. The van der Waals surface area contributed by atoms with Gasteiger partial charge in [0, 0.05) is 0 Å². The second-order valence-electron chi connectivity index (χ2n) is 3.37. The van der Waals surface area contributed by atoms with E-state index in [9.17, 15) is 4.57 Å². The van der Waals surface area contributed by atoms with Gasteiger partial charge in [0.2, 0.25) is 0 Å². The summed E-state index contributed by atoms with van der Waals surface area (Å²) in [6, 6.07) is 0. The summed E-state index contributed by atoms with van der Waals surface area (Å²) in [5.41, 5.74) is 0. The molecule has 0 spiro atoms. The van der Waals surface area contributed by atoms with E-state index in [1.165, 1.54) is 32.1 Å². The first-order valence-electron chi connectivity index (χ1n) is 5.20. The SMILES string of the molecule is CCCCCCCCCOP(=O)(Cl)Cl. The summed E-state index contributed by atoms with van der Waals surface area (Å²) in [4.78, 5) is 0. The minimum Gasteiger partial charge on any atom is -0.306 e. The van der Waals surface area contributed by atoms with Gasteiger partial charge in [-0.15, -0.1) is 0 Å². The number of hydrogen-bond acceptors (Lipinski definition) is 2. The summed E-state index contributed by atoms with van der Waals surface area (Å²) in [7, 11) is 0. The van der Waals surface area contributed by atoms with Gasteiger partial charge in [0.25, 0.3) is 0 Å². The molecule has 0 aliphatic heterocycles. The molecule has 0 fully saturated rings. The molecule has 0 atom stereocenters. The number of rotatable bonds is 9. The summed E-state index contributed by atoms with van der Waals surface area (Å²) in [6.45, 7) is 2.60. The van der Waals surface area contributed by atoms with Gasteiger partial charge in [-0.25, -0.2) is 0 Å². The van der Waals surface area contributed by atoms with Crippen LogP contribution in [0, 0.1) is 0 Å². The van der Waals surface area contributed by atoms with E-state index in [0.717, 1.165) is 12.8 Å². The number of hydrogen-bond donors (Lipinski definition) is 0. The minimum atomic E-state index is -3.29. The molecule has 0 radical (unpaired) electrons. The lowest BCUT2D eigenvalue weighted by Crippen LogP contribution is -1.87. The smallest absolute Gasteiger partial charge is 0.306 e. The fraction of sp³-hybridized carbons (Fsp3) is 1.00. The highest BCUT2D eigenvalue weighted by atomic mass is 35.9. The van der Waals surface area contributed by atoms with Crippen molar-refractivity contribution in [3.05, 3.63) is 0 Å². The summed E-state index contributed by atoms with van der Waals surface area (Å²) in [6.07, 6.45) is 5.06. The predicted octanol–water partition coefficient (Wildman–Crippen LogP) is 5.34. The molecule has 86 valence electrons. The minimum absolute atomic E-state index is 0.401. The lowest BCUT2D eigenvalue weighted by atomic mass is 10.1. The molecule has 0 aromatic carbocycles. The van der Waals surface area contributed by atoms with Crippen molar-refractivity contribution in [2.75, 3.05) is 6.61 Å². The molecular weight excluding hydrogens is 242 g/mol. The van der Waals surface area contributed by atoms with Crippen LogP contribution in [0.15, 0.2) is 0 Å². The molecule has 0 aliphatic rings. The van der Waals surface area contributed by atoms with Gasteiger partial charge < -0.3 is 4.52 Å². The van der Waals surface area contributed by atoms with E-state index in [4.69, 9.17) is 27.0 Å². The van der Waals surface area contributed by atoms with E-state index in [1.54, 1.807) is 0 Å². The first-order chi connectivity index (χ1) is 6.56. The van der Waals surface area contributed by atoms with Crippen molar-refractivity contribution in [2.45, 2.75) is 51.9 Å². The molecule has 0 rings (SSSR count). The van der Waals surface area contributed by atoms with Gasteiger partial charge in [0.15, 0.2) is 0 Å². The highest BCUT2D eigenvalue weighted by Crippen LogP contribution is 2.57. The van der Waals surface area contributed by atoms with Crippen molar-refractivity contribution < 1.29 is 9.09 Å². The van der Waals surface area contributed by atoms with Gasteiger partial charge in [-0.3, -0.25) is 4.57 Å². The zero-order chi connectivity index (χ0) is 10.9. The zero-order valence-electron chi connectivity index (χ0n) is 8.68. The molecule has 0 aromatic rings. The van der Waals surface area contributed by atoms with Gasteiger partial charge in [-0.1, -0.05) is 45.4 Å². The zero-order valence-corrected chi connectivity index (χ0v) is 11.1. The van der Waals surface area contributed by atoms with Gasteiger partial charge in [-0.2, -0.15) is 0 Å². The molecule has 0 heterocycles. The average molecular weight is 261 g/mol. The van der Waals surface area contributed by atoms with Crippen LogP contribution in [-0.2, 0) is 9.09 Å². The van der Waals surface area contributed by atoms with Crippen molar-refractivity contribution in [3.8, 4) is 0 Å². The van der Waals surface area contributed by atoms with Crippen LogP contribution < -0.4 is 0 Å². The van der Waals surface area contributed by atoms with E-state index in [0.29, 0.717) is 6.61 Å². The molecule has 0 saturated heterocycles. The van der Waals surface area contributed by atoms with Crippen molar-refractivity contribution in [1.82, 2.24) is 0 Å². The van der Waals surface area contributed by atoms with Crippen molar-refractivity contribution in [2.24, 2.45) is 0 Å². The van der Waals surface area contributed by atoms with Crippen LogP contribution >= 0.6 is 28.6 Å². The third-order valence-electron chi connectivity index (χ3n) is 1.99. The maximum atomic E-state index is 10.7. The number of halogens is 2. The first-order valence-corrected chi connectivity index (χ1v) is 8.63. The van der Waals surface area contributed by atoms with Crippen LogP contribution in [0.2, 0.25) is 0 Å². The maximum absolute atomic E-state index is 10.7. The molecule has 0 bridgehead atoms. The summed E-state index contributed by atoms with van der Waals surface area (Å²) in [5, 5.41) is 0. The maximum Gasteiger partial charge on any atom is 0.380 e. The lowest BCUT2D eigenvalue weighted by molar-refractivity contribution is 0.320. The Morgan fingerprint density at radius 1 is 1.00 bits per heavy atom. The van der Waals surface area contributed by atoms with E-state index >= 15 is 0 Å². The molecule has 0 saturated carbocycles. The van der Waals surface area contributed by atoms with E-state index < -0.39 is 6.07 Å². The second kappa shape index (κ2) is 9.03. The third-order valence-corrected chi connectivity index (χ3v) is 3.06. The van der Waals surface area contributed by atoms with Gasteiger partial charge in [0.05, 0.1) is 6.61 Å². The van der Waals surface area contributed by atoms with Gasteiger partial charge in [-0.05, 0) is 28.9 Å². The monoisotopic (exact) mass is 260 g/mol. The number of unbranched alkanes of at least 4 members (excludes halogenated alkanes) is 6. The van der Waals surface area contributed by atoms with Crippen LogP contribution in [0.5, 0.6) is 0 Å². The quantitative estimate of drug-likeness (QED) is 0.413. The Labute approximate surface area is 96.3 Å². The fourth-order valence-electron chi connectivity index (χ4n) is 1.23. The normalized spacial score (nSPS) is 11.9. The average Bonchev–Trinajstić information content (AvgIpc) is 2.08. The van der Waals surface area contributed by atoms with Crippen molar-refractivity contribution in [3.63, 3.8) is 0 Å².